The number of hydrogen-bond donors (Lipinski definition) is 0. The maximum absolute atomic E-state index is 13.1. The molecule has 0 aromatic heterocycles. The molecule has 0 atom stereocenters. The number of ether oxygens (including phenoxy) is 2. The third-order valence-corrected chi connectivity index (χ3v) is 2.67. The molecule has 0 radical (unpaired) electrons. The van der Waals surface area contributed by atoms with Crippen molar-refractivity contribution < 1.29 is 23.5 Å². The predicted molar refractivity (Wildman–Crippen MR) is 66.3 cm³/mol. The van der Waals surface area contributed by atoms with Gasteiger partial charge < -0.3 is 14.4 Å². The lowest BCUT2D eigenvalue weighted by Gasteiger charge is -2.16. The van der Waals surface area contributed by atoms with Crippen LogP contribution in [0, 0.1) is 5.82 Å². The Morgan fingerprint density at radius 3 is 2.58 bits per heavy atom. The number of likely N-dealkylation sites (N-methyl/N-ethyl adjacent to an activating group) is 1. The highest BCUT2D eigenvalue weighted by Crippen LogP contribution is 2.19. The third-order valence-electron chi connectivity index (χ3n) is 2.67. The second-order valence-corrected chi connectivity index (χ2v) is 3.92. The van der Waals surface area contributed by atoms with Crippen molar-refractivity contribution in [2.24, 2.45) is 0 Å². The summed E-state index contributed by atoms with van der Waals surface area (Å²) in [6, 6.07) is 4.16. The van der Waals surface area contributed by atoms with Crippen molar-refractivity contribution in [2.75, 3.05) is 27.8 Å². The summed E-state index contributed by atoms with van der Waals surface area (Å²) in [6.07, 6.45) is 0.375. The Kier molecular flexibility index (Phi) is 5.29. The van der Waals surface area contributed by atoms with E-state index in [1.54, 1.807) is 0 Å². The molecule has 1 aromatic carbocycles. The standard InChI is InChI=1S/C13H16FNO4/c1-15(12(16)13(17)19-3)7-6-9-8-10(14)4-5-11(9)18-2/h4-5,8H,6-7H2,1-3H3. The van der Waals surface area contributed by atoms with E-state index in [0.29, 0.717) is 17.7 Å². The molecule has 0 saturated carbocycles. The van der Waals surface area contributed by atoms with Crippen molar-refractivity contribution in [1.82, 2.24) is 4.90 Å². The van der Waals surface area contributed by atoms with Gasteiger partial charge in [-0.05, 0) is 30.2 Å². The van der Waals surface area contributed by atoms with Gasteiger partial charge >= 0.3 is 11.9 Å². The minimum Gasteiger partial charge on any atom is -0.496 e. The van der Waals surface area contributed by atoms with E-state index in [-0.39, 0.29) is 12.4 Å². The summed E-state index contributed by atoms with van der Waals surface area (Å²) in [5, 5.41) is 0. The quantitative estimate of drug-likeness (QED) is 0.604. The first-order chi connectivity index (χ1) is 8.99. The zero-order valence-electron chi connectivity index (χ0n) is 11.1. The second kappa shape index (κ2) is 6.72. The number of halogens is 1. The monoisotopic (exact) mass is 269 g/mol. The van der Waals surface area contributed by atoms with Crippen molar-refractivity contribution >= 4 is 11.9 Å². The Bertz CT molecular complexity index is 476. The van der Waals surface area contributed by atoms with E-state index in [2.05, 4.69) is 4.74 Å². The van der Waals surface area contributed by atoms with E-state index in [0.717, 1.165) is 7.11 Å². The fourth-order valence-electron chi connectivity index (χ4n) is 1.58. The summed E-state index contributed by atoms with van der Waals surface area (Å²) < 4.78 is 22.6. The summed E-state index contributed by atoms with van der Waals surface area (Å²) in [6.45, 7) is 0.258. The van der Waals surface area contributed by atoms with E-state index in [1.165, 1.54) is 37.3 Å². The van der Waals surface area contributed by atoms with Gasteiger partial charge in [-0.25, -0.2) is 9.18 Å². The highest BCUT2D eigenvalue weighted by Gasteiger charge is 2.19. The number of esters is 1. The van der Waals surface area contributed by atoms with Gasteiger partial charge in [0.15, 0.2) is 0 Å². The number of methoxy groups -OCH3 is 2. The zero-order valence-corrected chi connectivity index (χ0v) is 11.1. The van der Waals surface area contributed by atoms with Crippen LogP contribution in [-0.4, -0.2) is 44.6 Å². The van der Waals surface area contributed by atoms with Crippen LogP contribution in [0.15, 0.2) is 18.2 Å². The van der Waals surface area contributed by atoms with Crippen LogP contribution in [0.5, 0.6) is 5.75 Å². The molecule has 0 spiro atoms. The van der Waals surface area contributed by atoms with E-state index in [4.69, 9.17) is 4.74 Å². The minimum atomic E-state index is -0.922. The SMILES string of the molecule is COC(=O)C(=O)N(C)CCc1cc(F)ccc1OC. The predicted octanol–water partition coefficient (Wildman–Crippen LogP) is 1.01. The highest BCUT2D eigenvalue weighted by atomic mass is 19.1. The molecule has 1 amide bonds. The molecule has 0 saturated heterocycles. The minimum absolute atomic E-state index is 0.258. The molecule has 0 heterocycles. The normalized spacial score (nSPS) is 9.89. The van der Waals surface area contributed by atoms with Crippen molar-refractivity contribution in [2.45, 2.75) is 6.42 Å². The largest absolute Gasteiger partial charge is 0.496 e. The Morgan fingerprint density at radius 1 is 1.32 bits per heavy atom. The number of carbonyl (C=O) groups excluding carboxylic acids is 2. The highest BCUT2D eigenvalue weighted by molar-refractivity contribution is 6.32. The van der Waals surface area contributed by atoms with Crippen molar-refractivity contribution in [3.63, 3.8) is 0 Å². The molecule has 1 aromatic rings. The first kappa shape index (κ1) is 14.9. The van der Waals surface area contributed by atoms with Crippen LogP contribution in [0.4, 0.5) is 4.39 Å². The van der Waals surface area contributed by atoms with Gasteiger partial charge in [-0.1, -0.05) is 0 Å². The Labute approximate surface area is 110 Å². The molecule has 0 aliphatic heterocycles. The van der Waals surface area contributed by atoms with E-state index < -0.39 is 11.9 Å². The van der Waals surface area contributed by atoms with Crippen LogP contribution in [0.3, 0.4) is 0 Å². The van der Waals surface area contributed by atoms with Crippen LogP contribution in [0.1, 0.15) is 5.56 Å². The van der Waals surface area contributed by atoms with Crippen LogP contribution >= 0.6 is 0 Å². The number of amides is 1. The molecule has 1 rings (SSSR count). The molecule has 104 valence electrons. The van der Waals surface area contributed by atoms with E-state index in [1.807, 2.05) is 0 Å². The molecule has 0 N–H and O–H groups in total. The molecule has 5 nitrogen and oxygen atoms in total. The van der Waals surface area contributed by atoms with Gasteiger partial charge in [-0.2, -0.15) is 0 Å². The zero-order chi connectivity index (χ0) is 14.4. The Hall–Kier alpha value is -2.11. The van der Waals surface area contributed by atoms with Crippen LogP contribution in [0.2, 0.25) is 0 Å². The van der Waals surface area contributed by atoms with Crippen molar-refractivity contribution in [3.05, 3.63) is 29.6 Å². The van der Waals surface area contributed by atoms with Gasteiger partial charge in [0, 0.05) is 13.6 Å². The molecule has 0 aliphatic carbocycles. The maximum atomic E-state index is 13.1. The molecule has 0 unspecified atom stereocenters. The number of rotatable bonds is 4. The van der Waals surface area contributed by atoms with Crippen LogP contribution < -0.4 is 4.74 Å². The van der Waals surface area contributed by atoms with Gasteiger partial charge in [-0.15, -0.1) is 0 Å². The summed E-state index contributed by atoms with van der Waals surface area (Å²) in [4.78, 5) is 23.7. The first-order valence-corrected chi connectivity index (χ1v) is 5.65. The molecule has 19 heavy (non-hydrogen) atoms. The maximum Gasteiger partial charge on any atom is 0.396 e. The van der Waals surface area contributed by atoms with Crippen LogP contribution in [0.25, 0.3) is 0 Å². The summed E-state index contributed by atoms with van der Waals surface area (Å²) >= 11 is 0. The number of hydrogen-bond acceptors (Lipinski definition) is 4. The third kappa shape index (κ3) is 3.94. The van der Waals surface area contributed by atoms with Crippen molar-refractivity contribution in [3.8, 4) is 5.75 Å². The number of nitrogens with zero attached hydrogens (tertiary/aromatic N) is 1. The van der Waals surface area contributed by atoms with Gasteiger partial charge in [0.1, 0.15) is 11.6 Å². The fourth-order valence-corrected chi connectivity index (χ4v) is 1.58. The average molecular weight is 269 g/mol. The molecule has 6 heteroatoms. The molecule has 0 bridgehead atoms. The van der Waals surface area contributed by atoms with Crippen LogP contribution in [-0.2, 0) is 20.7 Å². The molecular formula is C13H16FNO4. The summed E-state index contributed by atoms with van der Waals surface area (Å²) in [5.41, 5.74) is 0.631. The summed E-state index contributed by atoms with van der Waals surface area (Å²) in [7, 11) is 4.11. The topological polar surface area (TPSA) is 55.8 Å². The molecule has 0 aliphatic rings. The molecule has 0 fully saturated rings. The molecular weight excluding hydrogens is 253 g/mol. The fraction of sp³-hybridized carbons (Fsp3) is 0.385. The lowest BCUT2D eigenvalue weighted by molar-refractivity contribution is -0.157. The number of carbonyl (C=O) groups is 2. The average Bonchev–Trinajstić information content (AvgIpc) is 2.43. The number of benzene rings is 1. The first-order valence-electron chi connectivity index (χ1n) is 5.65. The van der Waals surface area contributed by atoms with Gasteiger partial charge in [0.05, 0.1) is 14.2 Å². The van der Waals surface area contributed by atoms with Gasteiger partial charge in [0.25, 0.3) is 0 Å². The smallest absolute Gasteiger partial charge is 0.396 e. The Balaban J connectivity index is 2.69. The lowest BCUT2D eigenvalue weighted by Crippen LogP contribution is -2.35. The summed E-state index contributed by atoms with van der Waals surface area (Å²) in [5.74, 6) is -1.50. The lowest BCUT2D eigenvalue weighted by atomic mass is 10.1. The van der Waals surface area contributed by atoms with E-state index in [9.17, 15) is 14.0 Å². The second-order valence-electron chi connectivity index (χ2n) is 3.92. The van der Waals surface area contributed by atoms with Gasteiger partial charge in [-0.3, -0.25) is 4.79 Å². The van der Waals surface area contributed by atoms with Crippen molar-refractivity contribution in [1.29, 1.82) is 0 Å². The van der Waals surface area contributed by atoms with Gasteiger partial charge in [0.2, 0.25) is 0 Å². The Morgan fingerprint density at radius 2 is 2.00 bits per heavy atom. The van der Waals surface area contributed by atoms with E-state index >= 15 is 0 Å².